The van der Waals surface area contributed by atoms with E-state index in [1.165, 1.54) is 40.1 Å². The summed E-state index contributed by atoms with van der Waals surface area (Å²) in [6.45, 7) is 0. The Bertz CT molecular complexity index is 1100. The van der Waals surface area contributed by atoms with Crippen LogP contribution in [0, 0.1) is 0 Å². The maximum absolute atomic E-state index is 9.61. The number of fused-ring (bicyclic) bond motifs is 5. The SMILES string of the molecule is Oc1ccc(-c2nc3ccc4ccccc4c3c3c2CCCC3)cc1. The standard InChI is InChI=1S/C23H19NO/c25-17-12-9-16(10-13-17)23-20-8-4-3-7-19(20)22-18-6-2-1-5-15(18)11-14-21(22)24-23/h1-2,5-6,9-14,25H,3-4,7-8H2. The summed E-state index contributed by atoms with van der Waals surface area (Å²) < 4.78 is 0. The van der Waals surface area contributed by atoms with Crippen LogP contribution in [-0.2, 0) is 12.8 Å². The van der Waals surface area contributed by atoms with Crippen LogP contribution >= 0.6 is 0 Å². The molecule has 0 aliphatic heterocycles. The van der Waals surface area contributed by atoms with Crippen LogP contribution in [0.25, 0.3) is 32.9 Å². The van der Waals surface area contributed by atoms with Crippen LogP contribution in [0.15, 0.2) is 60.7 Å². The van der Waals surface area contributed by atoms with Crippen LogP contribution in [0.2, 0.25) is 0 Å². The zero-order chi connectivity index (χ0) is 16.8. The average molecular weight is 325 g/mol. The highest BCUT2D eigenvalue weighted by Crippen LogP contribution is 2.38. The Labute approximate surface area is 146 Å². The number of aromatic nitrogens is 1. The van der Waals surface area contributed by atoms with Gasteiger partial charge in [0.05, 0.1) is 11.2 Å². The molecule has 0 saturated carbocycles. The van der Waals surface area contributed by atoms with E-state index in [0.29, 0.717) is 5.75 Å². The lowest BCUT2D eigenvalue weighted by molar-refractivity contribution is 0.475. The molecule has 3 aromatic carbocycles. The molecule has 122 valence electrons. The third-order valence-electron chi connectivity index (χ3n) is 5.34. The molecule has 0 bridgehead atoms. The quantitative estimate of drug-likeness (QED) is 0.459. The fourth-order valence-corrected chi connectivity index (χ4v) is 4.16. The molecule has 0 unspecified atom stereocenters. The van der Waals surface area contributed by atoms with Crippen molar-refractivity contribution in [2.75, 3.05) is 0 Å². The molecule has 0 fully saturated rings. The van der Waals surface area contributed by atoms with E-state index in [9.17, 15) is 5.11 Å². The number of pyridine rings is 1. The van der Waals surface area contributed by atoms with E-state index in [2.05, 4.69) is 36.4 Å². The van der Waals surface area contributed by atoms with Crippen LogP contribution in [0.1, 0.15) is 24.0 Å². The van der Waals surface area contributed by atoms with Gasteiger partial charge in [0.15, 0.2) is 0 Å². The summed E-state index contributed by atoms with van der Waals surface area (Å²) in [4.78, 5) is 5.06. The normalized spacial score (nSPS) is 13.9. The molecule has 1 N–H and O–H groups in total. The van der Waals surface area contributed by atoms with Gasteiger partial charge < -0.3 is 5.11 Å². The van der Waals surface area contributed by atoms with Crippen molar-refractivity contribution in [3.63, 3.8) is 0 Å². The first-order valence-corrected chi connectivity index (χ1v) is 8.94. The Hall–Kier alpha value is -2.87. The fourth-order valence-electron chi connectivity index (χ4n) is 4.16. The maximum Gasteiger partial charge on any atom is 0.115 e. The smallest absolute Gasteiger partial charge is 0.115 e. The van der Waals surface area contributed by atoms with Gasteiger partial charge in [-0.3, -0.25) is 0 Å². The molecule has 4 aromatic rings. The molecule has 5 rings (SSSR count). The molecule has 1 aromatic heterocycles. The molecule has 1 aliphatic rings. The van der Waals surface area contributed by atoms with Gasteiger partial charge in [0.1, 0.15) is 5.75 Å². The Morgan fingerprint density at radius 1 is 0.760 bits per heavy atom. The van der Waals surface area contributed by atoms with Gasteiger partial charge in [-0.2, -0.15) is 0 Å². The first-order chi connectivity index (χ1) is 12.3. The molecular formula is C23H19NO. The van der Waals surface area contributed by atoms with Crippen LogP contribution in [-0.4, -0.2) is 10.1 Å². The molecule has 1 heterocycles. The summed E-state index contributed by atoms with van der Waals surface area (Å²) >= 11 is 0. The number of phenolic OH excluding ortho intramolecular Hbond substituents is 1. The van der Waals surface area contributed by atoms with Gasteiger partial charge in [-0.05, 0) is 77.9 Å². The van der Waals surface area contributed by atoms with Gasteiger partial charge >= 0.3 is 0 Å². The van der Waals surface area contributed by atoms with Crippen molar-refractivity contribution in [3.8, 4) is 17.0 Å². The van der Waals surface area contributed by atoms with Gasteiger partial charge in [0, 0.05) is 10.9 Å². The molecular weight excluding hydrogens is 306 g/mol. The van der Waals surface area contributed by atoms with E-state index in [4.69, 9.17) is 4.98 Å². The fraction of sp³-hybridized carbons (Fsp3) is 0.174. The number of nitrogens with zero attached hydrogens (tertiary/aromatic N) is 1. The van der Waals surface area contributed by atoms with Crippen LogP contribution in [0.4, 0.5) is 0 Å². The second kappa shape index (κ2) is 5.59. The highest BCUT2D eigenvalue weighted by Gasteiger charge is 2.20. The summed E-state index contributed by atoms with van der Waals surface area (Å²) in [5, 5.41) is 13.5. The van der Waals surface area contributed by atoms with E-state index in [0.717, 1.165) is 29.6 Å². The molecule has 0 radical (unpaired) electrons. The molecule has 25 heavy (non-hydrogen) atoms. The number of phenols is 1. The van der Waals surface area contributed by atoms with E-state index in [-0.39, 0.29) is 0 Å². The first kappa shape index (κ1) is 14.5. The average Bonchev–Trinajstić information content (AvgIpc) is 2.67. The lowest BCUT2D eigenvalue weighted by Crippen LogP contribution is -2.08. The largest absolute Gasteiger partial charge is 0.508 e. The van der Waals surface area contributed by atoms with Gasteiger partial charge in [-0.15, -0.1) is 0 Å². The third kappa shape index (κ3) is 2.29. The first-order valence-electron chi connectivity index (χ1n) is 8.94. The van der Waals surface area contributed by atoms with Crippen molar-refractivity contribution in [1.82, 2.24) is 4.98 Å². The third-order valence-corrected chi connectivity index (χ3v) is 5.34. The second-order valence-corrected chi connectivity index (χ2v) is 6.85. The van der Waals surface area contributed by atoms with E-state index in [1.807, 2.05) is 12.1 Å². The van der Waals surface area contributed by atoms with Crippen LogP contribution < -0.4 is 0 Å². The Morgan fingerprint density at radius 3 is 2.36 bits per heavy atom. The summed E-state index contributed by atoms with van der Waals surface area (Å²) in [6.07, 6.45) is 4.66. The second-order valence-electron chi connectivity index (χ2n) is 6.85. The van der Waals surface area contributed by atoms with Crippen molar-refractivity contribution < 1.29 is 5.11 Å². The van der Waals surface area contributed by atoms with Gasteiger partial charge in [-0.25, -0.2) is 4.98 Å². The van der Waals surface area contributed by atoms with Gasteiger partial charge in [-0.1, -0.05) is 30.3 Å². The van der Waals surface area contributed by atoms with E-state index >= 15 is 0 Å². The number of aryl methyl sites for hydroxylation is 1. The van der Waals surface area contributed by atoms with Gasteiger partial charge in [0.2, 0.25) is 0 Å². The predicted molar refractivity (Wildman–Crippen MR) is 103 cm³/mol. The number of aromatic hydroxyl groups is 1. The highest BCUT2D eigenvalue weighted by atomic mass is 16.3. The number of hydrogen-bond acceptors (Lipinski definition) is 2. The lowest BCUT2D eigenvalue weighted by Gasteiger charge is -2.22. The number of hydrogen-bond donors (Lipinski definition) is 1. The molecule has 0 spiro atoms. The zero-order valence-electron chi connectivity index (χ0n) is 14.0. The summed E-state index contributed by atoms with van der Waals surface area (Å²) in [6, 6.07) is 20.4. The van der Waals surface area contributed by atoms with E-state index in [1.54, 1.807) is 12.1 Å². The molecule has 0 atom stereocenters. The number of benzene rings is 3. The Morgan fingerprint density at radius 2 is 1.52 bits per heavy atom. The summed E-state index contributed by atoms with van der Waals surface area (Å²) in [5.41, 5.74) is 6.10. The summed E-state index contributed by atoms with van der Waals surface area (Å²) in [5.74, 6) is 0.296. The Balaban J connectivity index is 1.89. The molecule has 2 heteroatoms. The van der Waals surface area contributed by atoms with Crippen molar-refractivity contribution >= 4 is 21.7 Å². The van der Waals surface area contributed by atoms with Crippen molar-refractivity contribution in [1.29, 1.82) is 0 Å². The van der Waals surface area contributed by atoms with Crippen LogP contribution in [0.5, 0.6) is 5.75 Å². The number of rotatable bonds is 1. The lowest BCUT2D eigenvalue weighted by atomic mass is 9.85. The minimum atomic E-state index is 0.296. The summed E-state index contributed by atoms with van der Waals surface area (Å²) in [7, 11) is 0. The minimum absolute atomic E-state index is 0.296. The molecule has 0 amide bonds. The van der Waals surface area contributed by atoms with Crippen molar-refractivity contribution in [2.24, 2.45) is 0 Å². The van der Waals surface area contributed by atoms with Gasteiger partial charge in [0.25, 0.3) is 0 Å². The molecule has 2 nitrogen and oxygen atoms in total. The molecule has 1 aliphatic carbocycles. The van der Waals surface area contributed by atoms with E-state index < -0.39 is 0 Å². The predicted octanol–water partition coefficient (Wildman–Crippen LogP) is 5.64. The minimum Gasteiger partial charge on any atom is -0.508 e. The van der Waals surface area contributed by atoms with Crippen LogP contribution in [0.3, 0.4) is 0 Å². The topological polar surface area (TPSA) is 33.1 Å². The van der Waals surface area contributed by atoms with Crippen molar-refractivity contribution in [3.05, 3.63) is 71.8 Å². The molecule has 0 saturated heterocycles. The maximum atomic E-state index is 9.61. The van der Waals surface area contributed by atoms with Crippen molar-refractivity contribution in [2.45, 2.75) is 25.7 Å². The highest BCUT2D eigenvalue weighted by molar-refractivity contribution is 6.09. The zero-order valence-corrected chi connectivity index (χ0v) is 14.0. The Kier molecular flexibility index (Phi) is 3.24. The monoisotopic (exact) mass is 325 g/mol.